The van der Waals surface area contributed by atoms with Gasteiger partial charge in [0.2, 0.25) is 0 Å². The molecule has 0 spiro atoms. The highest BCUT2D eigenvalue weighted by Crippen LogP contribution is 2.28. The van der Waals surface area contributed by atoms with Crippen LogP contribution in [-0.4, -0.2) is 30.6 Å². The van der Waals surface area contributed by atoms with Crippen LogP contribution in [0.5, 0.6) is 0 Å². The molecule has 0 aromatic rings. The van der Waals surface area contributed by atoms with Gasteiger partial charge in [-0.05, 0) is 30.6 Å². The van der Waals surface area contributed by atoms with Crippen molar-refractivity contribution < 1.29 is 4.79 Å². The van der Waals surface area contributed by atoms with Crippen LogP contribution in [0.2, 0.25) is 0 Å². The van der Waals surface area contributed by atoms with Gasteiger partial charge in [0, 0.05) is 19.6 Å². The van der Waals surface area contributed by atoms with Crippen LogP contribution in [0.4, 0.5) is 4.79 Å². The van der Waals surface area contributed by atoms with E-state index in [4.69, 9.17) is 0 Å². The molecule has 1 N–H and O–H groups in total. The second-order valence-corrected chi connectivity index (χ2v) is 7.54. The van der Waals surface area contributed by atoms with E-state index in [1.165, 1.54) is 38.5 Å². The lowest BCUT2D eigenvalue weighted by atomic mass is 9.84. The quantitative estimate of drug-likeness (QED) is 0.733. The molecular formula is C19H40N2O. The number of nitrogens with one attached hydrogen (secondary N) is 1. The average molecular weight is 313 g/mol. The lowest BCUT2D eigenvalue weighted by Crippen LogP contribution is -2.29. The van der Waals surface area contributed by atoms with Crippen LogP contribution in [0.25, 0.3) is 0 Å². The molecule has 1 saturated heterocycles. The van der Waals surface area contributed by atoms with Crippen LogP contribution in [0.1, 0.15) is 80.1 Å². The fourth-order valence-electron chi connectivity index (χ4n) is 3.23. The van der Waals surface area contributed by atoms with Crippen molar-refractivity contribution >= 4 is 6.03 Å². The van der Waals surface area contributed by atoms with Gasteiger partial charge in [0.15, 0.2) is 0 Å². The van der Waals surface area contributed by atoms with Gasteiger partial charge in [-0.15, -0.1) is 0 Å². The van der Waals surface area contributed by atoms with Crippen molar-refractivity contribution in [1.29, 1.82) is 0 Å². The standard InChI is InChI=1S/C10H20.C8H16N2O.CH4/c1-9(2)8-10-6-4-3-5-7-10;1-7(2)3-5-10-6-4-9-8(10)11;/h9-10H,3-8H2,1-2H3;7H,3-6H2,1-2H3,(H,9,11);1H4. The van der Waals surface area contributed by atoms with E-state index in [2.05, 4.69) is 33.0 Å². The number of rotatable bonds is 5. The smallest absolute Gasteiger partial charge is 0.317 e. The average Bonchev–Trinajstić information content (AvgIpc) is 2.83. The van der Waals surface area contributed by atoms with Crippen LogP contribution in [0, 0.1) is 17.8 Å². The minimum atomic E-state index is 0. The Hall–Kier alpha value is -0.730. The van der Waals surface area contributed by atoms with E-state index in [1.54, 1.807) is 0 Å². The van der Waals surface area contributed by atoms with E-state index >= 15 is 0 Å². The largest absolute Gasteiger partial charge is 0.336 e. The summed E-state index contributed by atoms with van der Waals surface area (Å²) >= 11 is 0. The summed E-state index contributed by atoms with van der Waals surface area (Å²) in [6.07, 6.45) is 10.1. The molecule has 0 bridgehead atoms. The summed E-state index contributed by atoms with van der Waals surface area (Å²) in [4.78, 5) is 12.9. The van der Waals surface area contributed by atoms with Gasteiger partial charge >= 0.3 is 6.03 Å². The summed E-state index contributed by atoms with van der Waals surface area (Å²) in [5, 5.41) is 2.78. The molecule has 1 aliphatic heterocycles. The van der Waals surface area contributed by atoms with Gasteiger partial charge in [-0.2, -0.15) is 0 Å². The molecule has 0 aromatic carbocycles. The Bertz CT molecular complexity index is 283. The number of amides is 2. The third kappa shape index (κ3) is 9.32. The predicted molar refractivity (Wildman–Crippen MR) is 97.2 cm³/mol. The van der Waals surface area contributed by atoms with Gasteiger partial charge < -0.3 is 10.2 Å². The Morgan fingerprint density at radius 2 is 1.73 bits per heavy atom. The van der Waals surface area contributed by atoms with E-state index in [0.29, 0.717) is 5.92 Å². The highest BCUT2D eigenvalue weighted by molar-refractivity contribution is 5.76. The van der Waals surface area contributed by atoms with Crippen LogP contribution in [0.3, 0.4) is 0 Å². The number of carbonyl (C=O) groups is 1. The molecule has 2 aliphatic rings. The van der Waals surface area contributed by atoms with E-state index in [-0.39, 0.29) is 13.5 Å². The fourth-order valence-corrected chi connectivity index (χ4v) is 3.23. The molecule has 3 heteroatoms. The van der Waals surface area contributed by atoms with E-state index in [0.717, 1.165) is 37.9 Å². The molecule has 0 radical (unpaired) electrons. The molecule has 22 heavy (non-hydrogen) atoms. The number of carbonyl (C=O) groups excluding carboxylic acids is 1. The predicted octanol–water partition coefficient (Wildman–Crippen LogP) is 5.31. The SMILES string of the molecule is C.CC(C)CC1CCCCC1.CC(C)CCN1CCNC1=O. The maximum absolute atomic E-state index is 11.0. The first-order valence-corrected chi connectivity index (χ1v) is 9.01. The Morgan fingerprint density at radius 1 is 1.09 bits per heavy atom. The van der Waals surface area contributed by atoms with Gasteiger partial charge in [-0.1, -0.05) is 67.2 Å². The highest BCUT2D eigenvalue weighted by atomic mass is 16.2. The number of hydrogen-bond donors (Lipinski definition) is 1. The molecule has 2 fully saturated rings. The second-order valence-electron chi connectivity index (χ2n) is 7.54. The molecule has 2 rings (SSSR count). The zero-order valence-electron chi connectivity index (χ0n) is 14.7. The minimum Gasteiger partial charge on any atom is -0.336 e. The van der Waals surface area contributed by atoms with Crippen LogP contribution in [0.15, 0.2) is 0 Å². The normalized spacial score (nSPS) is 18.8. The summed E-state index contributed by atoms with van der Waals surface area (Å²) < 4.78 is 0. The van der Waals surface area contributed by atoms with Crippen molar-refractivity contribution in [2.24, 2.45) is 17.8 Å². The Labute approximate surface area is 139 Å². The maximum atomic E-state index is 11.0. The molecule has 0 unspecified atom stereocenters. The molecule has 0 atom stereocenters. The number of nitrogens with zero attached hydrogens (tertiary/aromatic N) is 1. The first kappa shape index (κ1) is 21.3. The van der Waals surface area contributed by atoms with E-state index < -0.39 is 0 Å². The van der Waals surface area contributed by atoms with Gasteiger partial charge in [-0.3, -0.25) is 0 Å². The highest BCUT2D eigenvalue weighted by Gasteiger charge is 2.18. The summed E-state index contributed by atoms with van der Waals surface area (Å²) in [7, 11) is 0. The zero-order chi connectivity index (χ0) is 15.7. The van der Waals surface area contributed by atoms with Crippen LogP contribution < -0.4 is 5.32 Å². The zero-order valence-corrected chi connectivity index (χ0v) is 14.7. The van der Waals surface area contributed by atoms with Crippen molar-refractivity contribution in [1.82, 2.24) is 10.2 Å². The Morgan fingerprint density at radius 3 is 2.18 bits per heavy atom. The molecule has 2 amide bonds. The molecule has 3 nitrogen and oxygen atoms in total. The van der Waals surface area contributed by atoms with Crippen molar-refractivity contribution in [3.8, 4) is 0 Å². The molecule has 1 saturated carbocycles. The van der Waals surface area contributed by atoms with Crippen LogP contribution in [-0.2, 0) is 0 Å². The first-order valence-electron chi connectivity index (χ1n) is 9.01. The molecule has 132 valence electrons. The minimum absolute atomic E-state index is 0. The molecule has 0 aromatic heterocycles. The Balaban J connectivity index is 0.000000385. The van der Waals surface area contributed by atoms with Gasteiger partial charge in [0.05, 0.1) is 0 Å². The Kier molecular flexibility index (Phi) is 11.4. The molecule has 1 aliphatic carbocycles. The number of urea groups is 1. The second kappa shape index (κ2) is 11.8. The van der Waals surface area contributed by atoms with Crippen molar-refractivity contribution in [2.75, 3.05) is 19.6 Å². The van der Waals surface area contributed by atoms with Crippen molar-refractivity contribution in [3.05, 3.63) is 0 Å². The summed E-state index contributed by atoms with van der Waals surface area (Å²) in [5.74, 6) is 2.68. The van der Waals surface area contributed by atoms with E-state index in [1.807, 2.05) is 4.90 Å². The van der Waals surface area contributed by atoms with Crippen molar-refractivity contribution in [3.63, 3.8) is 0 Å². The van der Waals surface area contributed by atoms with Gasteiger partial charge in [0.25, 0.3) is 0 Å². The molecule has 1 heterocycles. The summed E-state index contributed by atoms with van der Waals surface area (Å²) in [6, 6.07) is 0.102. The maximum Gasteiger partial charge on any atom is 0.317 e. The van der Waals surface area contributed by atoms with E-state index in [9.17, 15) is 4.79 Å². The molecular weight excluding hydrogens is 272 g/mol. The topological polar surface area (TPSA) is 32.3 Å². The lowest BCUT2D eigenvalue weighted by Gasteiger charge is -2.22. The lowest BCUT2D eigenvalue weighted by molar-refractivity contribution is 0.215. The fraction of sp³-hybridized carbons (Fsp3) is 0.947. The summed E-state index contributed by atoms with van der Waals surface area (Å²) in [6.45, 7) is 11.6. The third-order valence-electron chi connectivity index (χ3n) is 4.45. The van der Waals surface area contributed by atoms with Crippen LogP contribution >= 0.6 is 0 Å². The third-order valence-corrected chi connectivity index (χ3v) is 4.45. The summed E-state index contributed by atoms with van der Waals surface area (Å²) in [5.41, 5.74) is 0. The monoisotopic (exact) mass is 312 g/mol. The van der Waals surface area contributed by atoms with Gasteiger partial charge in [0.1, 0.15) is 0 Å². The number of hydrogen-bond acceptors (Lipinski definition) is 1. The van der Waals surface area contributed by atoms with Gasteiger partial charge in [-0.25, -0.2) is 4.79 Å². The first-order chi connectivity index (χ1) is 9.99. The van der Waals surface area contributed by atoms with Crippen molar-refractivity contribution in [2.45, 2.75) is 80.1 Å².